The lowest BCUT2D eigenvalue weighted by Crippen LogP contribution is -2.55. The van der Waals surface area contributed by atoms with E-state index in [9.17, 15) is 33.9 Å². The van der Waals surface area contributed by atoms with Gasteiger partial charge < -0.3 is 41.6 Å². The number of amides is 7. The third kappa shape index (κ3) is 12.6. The Morgan fingerprint density at radius 1 is 0.930 bits per heavy atom. The Balaban J connectivity index is 1.84. The third-order valence-corrected chi connectivity index (χ3v) is 6.24. The average molecular weight is 605 g/mol. The number of carbonyl (C=O) groups is 6. The van der Waals surface area contributed by atoms with Crippen molar-refractivity contribution in [2.45, 2.75) is 45.4 Å². The van der Waals surface area contributed by atoms with E-state index in [1.54, 1.807) is 38.1 Å². The molecule has 0 radical (unpaired) electrons. The Bertz CT molecular complexity index is 1140. The number of aliphatic hydroxyl groups excluding tert-OH is 1. The van der Waals surface area contributed by atoms with Gasteiger partial charge in [0, 0.05) is 24.4 Å². The standard InChI is InChI=1S/C28H40N6O9/c1-18(2)25(33-22(36)17-43-15-14-42-13-12-34-23(37)9-10-24(34)38)27(40)32-21(4-3-11-30-28(29)41)26(39)31-20-7-5-19(16-35)6-8-20/h5-10,18,21,25,35H,3-4,11-17H2,1-2H3,(H,31,39)(H,32,40)(H,33,36)(H3,29,30,41)/t21-,25-/m0/s1. The van der Waals surface area contributed by atoms with E-state index in [1.165, 1.54) is 12.2 Å². The summed E-state index contributed by atoms with van der Waals surface area (Å²) in [5.41, 5.74) is 6.22. The predicted octanol–water partition coefficient (Wildman–Crippen LogP) is -0.850. The molecule has 15 heteroatoms. The molecule has 0 aliphatic carbocycles. The Kier molecular flexibility index (Phi) is 14.8. The van der Waals surface area contributed by atoms with Crippen molar-refractivity contribution in [1.82, 2.24) is 20.9 Å². The molecule has 7 amide bonds. The number of primary amides is 1. The zero-order valence-corrected chi connectivity index (χ0v) is 24.3. The number of nitrogens with two attached hydrogens (primary N) is 1. The third-order valence-electron chi connectivity index (χ3n) is 6.24. The largest absolute Gasteiger partial charge is 0.392 e. The molecule has 0 fully saturated rings. The number of nitrogens with one attached hydrogen (secondary N) is 4. The fourth-order valence-corrected chi connectivity index (χ4v) is 3.91. The van der Waals surface area contributed by atoms with Gasteiger partial charge in [0.05, 0.1) is 33.0 Å². The minimum Gasteiger partial charge on any atom is -0.392 e. The molecule has 1 aliphatic rings. The van der Waals surface area contributed by atoms with Crippen LogP contribution < -0.4 is 27.0 Å². The maximum absolute atomic E-state index is 13.2. The first kappa shape index (κ1) is 34.9. The van der Waals surface area contributed by atoms with E-state index in [1.807, 2.05) is 0 Å². The van der Waals surface area contributed by atoms with Gasteiger partial charge in [-0.3, -0.25) is 28.9 Å². The number of hydrogen-bond acceptors (Lipinski definition) is 9. The van der Waals surface area contributed by atoms with Crippen molar-refractivity contribution in [3.8, 4) is 0 Å². The van der Waals surface area contributed by atoms with Crippen LogP contribution in [0.25, 0.3) is 0 Å². The summed E-state index contributed by atoms with van der Waals surface area (Å²) in [5.74, 6) is -2.76. The number of urea groups is 1. The molecule has 2 atom stereocenters. The van der Waals surface area contributed by atoms with Gasteiger partial charge >= 0.3 is 6.03 Å². The molecule has 1 aromatic carbocycles. The molecule has 1 heterocycles. The first-order valence-electron chi connectivity index (χ1n) is 13.8. The minimum atomic E-state index is -0.992. The van der Waals surface area contributed by atoms with Crippen LogP contribution in [0, 0.1) is 5.92 Å². The van der Waals surface area contributed by atoms with E-state index in [0.717, 1.165) is 4.90 Å². The maximum atomic E-state index is 13.2. The summed E-state index contributed by atoms with van der Waals surface area (Å²) in [6, 6.07) is 3.85. The Labute approximate surface area is 249 Å². The maximum Gasteiger partial charge on any atom is 0.312 e. The smallest absolute Gasteiger partial charge is 0.312 e. The fourth-order valence-electron chi connectivity index (χ4n) is 3.91. The number of imide groups is 1. The molecule has 15 nitrogen and oxygen atoms in total. The normalized spacial score (nSPS) is 14.0. The van der Waals surface area contributed by atoms with E-state index in [2.05, 4.69) is 21.3 Å². The first-order valence-corrected chi connectivity index (χ1v) is 13.8. The van der Waals surface area contributed by atoms with E-state index >= 15 is 0 Å². The quantitative estimate of drug-likeness (QED) is 0.0854. The number of rotatable bonds is 19. The van der Waals surface area contributed by atoms with Gasteiger partial charge in [0.2, 0.25) is 17.7 Å². The Morgan fingerprint density at radius 3 is 2.19 bits per heavy atom. The van der Waals surface area contributed by atoms with Gasteiger partial charge in [-0.2, -0.15) is 0 Å². The summed E-state index contributed by atoms with van der Waals surface area (Å²) in [4.78, 5) is 73.8. The Hall–Kier alpha value is -4.34. The van der Waals surface area contributed by atoms with Crippen LogP contribution in [-0.2, 0) is 40.1 Å². The first-order chi connectivity index (χ1) is 20.5. The molecule has 236 valence electrons. The number of anilines is 1. The fraction of sp³-hybridized carbons (Fsp3) is 0.500. The molecule has 0 unspecified atom stereocenters. The highest BCUT2D eigenvalue weighted by Crippen LogP contribution is 2.12. The van der Waals surface area contributed by atoms with Gasteiger partial charge in [0.1, 0.15) is 18.7 Å². The molecule has 1 aliphatic heterocycles. The van der Waals surface area contributed by atoms with Crippen LogP contribution in [0.15, 0.2) is 36.4 Å². The molecular weight excluding hydrogens is 564 g/mol. The van der Waals surface area contributed by atoms with Gasteiger partial charge in [-0.25, -0.2) is 4.79 Å². The number of carbonyl (C=O) groups excluding carboxylic acids is 6. The number of ether oxygens (including phenoxy) is 2. The van der Waals surface area contributed by atoms with E-state index in [0.29, 0.717) is 17.7 Å². The lowest BCUT2D eigenvalue weighted by molar-refractivity contribution is -0.138. The number of benzene rings is 1. The summed E-state index contributed by atoms with van der Waals surface area (Å²) in [6.45, 7) is 3.57. The second-order valence-electron chi connectivity index (χ2n) is 9.95. The van der Waals surface area contributed by atoms with Crippen LogP contribution in [-0.4, -0.2) is 97.2 Å². The lowest BCUT2D eigenvalue weighted by Gasteiger charge is -2.25. The minimum absolute atomic E-state index is 0.0625. The van der Waals surface area contributed by atoms with Crippen LogP contribution in [0.5, 0.6) is 0 Å². The SMILES string of the molecule is CC(C)[C@H](NC(=O)COCCOCCN1C(=O)C=CC1=O)C(=O)N[C@@H](CCCNC(N)=O)C(=O)Nc1ccc(CO)cc1. The molecule has 1 aromatic rings. The van der Waals surface area contributed by atoms with E-state index in [4.69, 9.17) is 15.2 Å². The van der Waals surface area contributed by atoms with Crippen molar-refractivity contribution >= 4 is 41.3 Å². The molecule has 7 N–H and O–H groups in total. The van der Waals surface area contributed by atoms with Crippen LogP contribution in [0.1, 0.15) is 32.3 Å². The molecule has 2 rings (SSSR count). The van der Waals surface area contributed by atoms with Crippen molar-refractivity contribution in [1.29, 1.82) is 0 Å². The second-order valence-corrected chi connectivity index (χ2v) is 9.95. The highest BCUT2D eigenvalue weighted by atomic mass is 16.5. The Morgan fingerprint density at radius 2 is 1.58 bits per heavy atom. The van der Waals surface area contributed by atoms with Gasteiger partial charge in [-0.05, 0) is 36.5 Å². The van der Waals surface area contributed by atoms with Crippen LogP contribution >= 0.6 is 0 Å². The summed E-state index contributed by atoms with van der Waals surface area (Å²) in [6.07, 6.45) is 2.88. The van der Waals surface area contributed by atoms with Crippen LogP contribution in [0.4, 0.5) is 10.5 Å². The van der Waals surface area contributed by atoms with Crippen molar-refractivity contribution < 1.29 is 43.3 Å². The summed E-state index contributed by atoms with van der Waals surface area (Å²) < 4.78 is 10.6. The molecular formula is C28H40N6O9. The molecule has 0 saturated heterocycles. The average Bonchev–Trinajstić information content (AvgIpc) is 3.29. The predicted molar refractivity (Wildman–Crippen MR) is 154 cm³/mol. The topological polar surface area (TPSA) is 218 Å². The highest BCUT2D eigenvalue weighted by Gasteiger charge is 2.29. The van der Waals surface area contributed by atoms with Gasteiger partial charge in [-0.1, -0.05) is 26.0 Å². The number of aliphatic hydroxyl groups is 1. The van der Waals surface area contributed by atoms with E-state index < -0.39 is 47.7 Å². The van der Waals surface area contributed by atoms with Crippen molar-refractivity contribution in [3.05, 3.63) is 42.0 Å². The number of nitrogens with zero attached hydrogens (tertiary/aromatic N) is 1. The van der Waals surface area contributed by atoms with E-state index in [-0.39, 0.29) is 58.5 Å². The summed E-state index contributed by atoms with van der Waals surface area (Å²) in [5, 5.41) is 19.7. The molecule has 0 spiro atoms. The molecule has 0 aromatic heterocycles. The van der Waals surface area contributed by atoms with Crippen molar-refractivity contribution in [2.24, 2.45) is 11.7 Å². The molecule has 0 bridgehead atoms. The number of hydrogen-bond donors (Lipinski definition) is 6. The van der Waals surface area contributed by atoms with Gasteiger partial charge in [-0.15, -0.1) is 0 Å². The highest BCUT2D eigenvalue weighted by molar-refractivity contribution is 6.12. The van der Waals surface area contributed by atoms with Crippen LogP contribution in [0.2, 0.25) is 0 Å². The zero-order valence-electron chi connectivity index (χ0n) is 24.3. The summed E-state index contributed by atoms with van der Waals surface area (Å²) >= 11 is 0. The molecule has 0 saturated carbocycles. The zero-order chi connectivity index (χ0) is 31.8. The van der Waals surface area contributed by atoms with Gasteiger partial charge in [0.25, 0.3) is 11.8 Å². The summed E-state index contributed by atoms with van der Waals surface area (Å²) in [7, 11) is 0. The molecule has 43 heavy (non-hydrogen) atoms. The van der Waals surface area contributed by atoms with Crippen molar-refractivity contribution in [2.75, 3.05) is 44.8 Å². The van der Waals surface area contributed by atoms with Crippen molar-refractivity contribution in [3.63, 3.8) is 0 Å². The second kappa shape index (κ2) is 18.3. The van der Waals surface area contributed by atoms with Gasteiger partial charge in [0.15, 0.2) is 0 Å². The lowest BCUT2D eigenvalue weighted by atomic mass is 10.0. The monoisotopic (exact) mass is 604 g/mol. The van der Waals surface area contributed by atoms with Crippen LogP contribution in [0.3, 0.4) is 0 Å².